The van der Waals surface area contributed by atoms with Crippen LogP contribution >= 0.6 is 0 Å². The van der Waals surface area contributed by atoms with E-state index in [4.69, 9.17) is 9.59 Å². The van der Waals surface area contributed by atoms with Gasteiger partial charge in [-0.3, -0.25) is 0 Å². The second-order valence-electron chi connectivity index (χ2n) is 0.768. The van der Waals surface area contributed by atoms with E-state index < -0.39 is 9.28 Å². The number of rotatable bonds is 0. The van der Waals surface area contributed by atoms with E-state index in [1.807, 2.05) is 0 Å². The molecule has 3 heteroatoms. The Bertz CT molecular complexity index is 78.5. The van der Waals surface area contributed by atoms with E-state index in [0.717, 1.165) is 0 Å². The van der Waals surface area contributed by atoms with Crippen molar-refractivity contribution < 1.29 is 9.59 Å². The van der Waals surface area contributed by atoms with E-state index in [1.54, 1.807) is 6.92 Å². The van der Waals surface area contributed by atoms with Crippen LogP contribution in [0, 0.1) is 11.5 Å². The Labute approximate surface area is 38.3 Å². The van der Waals surface area contributed by atoms with Crippen molar-refractivity contribution in [1.82, 2.24) is 0 Å². The van der Waals surface area contributed by atoms with Crippen LogP contribution in [-0.4, -0.2) is 18.9 Å². The molecule has 0 aliphatic heterocycles. The first kappa shape index (κ1) is 5.70. The lowest BCUT2D eigenvalue weighted by Gasteiger charge is -1.77. The summed E-state index contributed by atoms with van der Waals surface area (Å²) in [5.41, 5.74) is 2.21. The Balaban J connectivity index is 3.20. The van der Waals surface area contributed by atoms with E-state index in [1.165, 1.54) is 0 Å². The molecular formula is C3H6O2Si. The minimum absolute atomic E-state index is 1.58. The van der Waals surface area contributed by atoms with Gasteiger partial charge in [-0.1, -0.05) is 5.54 Å². The first-order valence-corrected chi connectivity index (χ1v) is 3.17. The third-order valence-electron chi connectivity index (χ3n) is 0.273. The summed E-state index contributed by atoms with van der Waals surface area (Å²) in [7, 11) is -2.53. The first-order chi connectivity index (χ1) is 2.77. The molecule has 0 aromatic carbocycles. The SMILES string of the molecule is CC#C[SiH](O)O. The third-order valence-corrected chi connectivity index (χ3v) is 0.820. The van der Waals surface area contributed by atoms with Crippen LogP contribution in [0.25, 0.3) is 0 Å². The van der Waals surface area contributed by atoms with E-state index in [9.17, 15) is 0 Å². The number of hydrogen-bond donors (Lipinski definition) is 2. The lowest BCUT2D eigenvalue weighted by Crippen LogP contribution is -2.05. The van der Waals surface area contributed by atoms with Crippen molar-refractivity contribution in [3.8, 4) is 11.5 Å². The average molecular weight is 102 g/mol. The molecule has 0 aliphatic carbocycles. The molecule has 0 saturated heterocycles. The lowest BCUT2D eigenvalue weighted by molar-refractivity contribution is 0.427. The summed E-state index contributed by atoms with van der Waals surface area (Å²) in [6, 6.07) is 0. The van der Waals surface area contributed by atoms with Crippen molar-refractivity contribution in [2.24, 2.45) is 0 Å². The molecule has 0 aromatic heterocycles. The van der Waals surface area contributed by atoms with Crippen molar-refractivity contribution in [2.45, 2.75) is 6.92 Å². The molecule has 0 spiro atoms. The minimum Gasteiger partial charge on any atom is -0.404 e. The maximum absolute atomic E-state index is 8.07. The van der Waals surface area contributed by atoms with E-state index in [-0.39, 0.29) is 0 Å². The van der Waals surface area contributed by atoms with Gasteiger partial charge in [-0.2, -0.15) is 0 Å². The van der Waals surface area contributed by atoms with Gasteiger partial charge in [0, 0.05) is 0 Å². The standard InChI is InChI=1S/C3H6O2Si/c1-2-3-6(4)5/h4-6H,1H3. The van der Waals surface area contributed by atoms with Crippen molar-refractivity contribution in [3.63, 3.8) is 0 Å². The van der Waals surface area contributed by atoms with E-state index in [0.29, 0.717) is 0 Å². The third kappa shape index (κ3) is 3.70. The van der Waals surface area contributed by atoms with Crippen LogP contribution in [0.2, 0.25) is 0 Å². The second-order valence-corrected chi connectivity index (χ2v) is 1.80. The largest absolute Gasteiger partial charge is 0.404 e. The number of hydrogen-bond acceptors (Lipinski definition) is 2. The molecule has 2 nitrogen and oxygen atoms in total. The van der Waals surface area contributed by atoms with Gasteiger partial charge in [-0.05, 0) is 6.92 Å². The Hall–Kier alpha value is -0.303. The first-order valence-electron chi connectivity index (χ1n) is 1.56. The summed E-state index contributed by atoms with van der Waals surface area (Å²) >= 11 is 0. The molecule has 0 aromatic rings. The molecule has 2 N–H and O–H groups in total. The molecule has 0 unspecified atom stereocenters. The molecule has 0 radical (unpaired) electrons. The Morgan fingerprint density at radius 1 is 1.50 bits per heavy atom. The summed E-state index contributed by atoms with van der Waals surface area (Å²) in [4.78, 5) is 16.1. The Morgan fingerprint density at radius 2 is 2.00 bits per heavy atom. The normalized spacial score (nSPS) is 7.33. The van der Waals surface area contributed by atoms with Crippen molar-refractivity contribution in [1.29, 1.82) is 0 Å². The van der Waals surface area contributed by atoms with Crippen molar-refractivity contribution in [3.05, 3.63) is 0 Å². The zero-order chi connectivity index (χ0) is 4.99. The van der Waals surface area contributed by atoms with Gasteiger partial charge in [-0.15, -0.1) is 5.92 Å². The maximum atomic E-state index is 8.07. The Morgan fingerprint density at radius 3 is 2.00 bits per heavy atom. The van der Waals surface area contributed by atoms with Crippen LogP contribution in [0.4, 0.5) is 0 Å². The topological polar surface area (TPSA) is 40.5 Å². The molecular weight excluding hydrogens is 96.1 g/mol. The zero-order valence-electron chi connectivity index (χ0n) is 3.47. The van der Waals surface area contributed by atoms with Crippen molar-refractivity contribution >= 4 is 9.28 Å². The Kier molecular flexibility index (Phi) is 2.76. The van der Waals surface area contributed by atoms with Crippen LogP contribution in [0.3, 0.4) is 0 Å². The molecule has 0 amide bonds. The molecule has 0 rings (SSSR count). The quantitative estimate of drug-likeness (QED) is 0.296. The van der Waals surface area contributed by atoms with Gasteiger partial charge in [0.15, 0.2) is 0 Å². The molecule has 0 atom stereocenters. The maximum Gasteiger partial charge on any atom is 0.401 e. The van der Waals surface area contributed by atoms with Crippen LogP contribution < -0.4 is 0 Å². The van der Waals surface area contributed by atoms with Gasteiger partial charge in [0.25, 0.3) is 0 Å². The van der Waals surface area contributed by atoms with Crippen LogP contribution in [-0.2, 0) is 0 Å². The van der Waals surface area contributed by atoms with Gasteiger partial charge in [0.1, 0.15) is 0 Å². The van der Waals surface area contributed by atoms with Gasteiger partial charge in [0.2, 0.25) is 0 Å². The van der Waals surface area contributed by atoms with Crippen LogP contribution in [0.5, 0.6) is 0 Å². The highest BCUT2D eigenvalue weighted by atomic mass is 28.3. The lowest BCUT2D eigenvalue weighted by atomic mass is 10.8. The fourth-order valence-electron chi connectivity index (χ4n) is 0.129. The van der Waals surface area contributed by atoms with Gasteiger partial charge in [0.05, 0.1) is 0 Å². The molecule has 0 aliphatic rings. The summed E-state index contributed by atoms with van der Waals surface area (Å²) in [5.74, 6) is 2.38. The van der Waals surface area contributed by atoms with Crippen LogP contribution in [0.15, 0.2) is 0 Å². The molecule has 6 heavy (non-hydrogen) atoms. The molecule has 0 saturated carbocycles. The summed E-state index contributed by atoms with van der Waals surface area (Å²) in [6.07, 6.45) is 0. The fourth-order valence-corrected chi connectivity index (χ4v) is 0.387. The molecule has 0 fully saturated rings. The molecule has 0 bridgehead atoms. The predicted molar refractivity (Wildman–Crippen MR) is 25.0 cm³/mol. The van der Waals surface area contributed by atoms with Crippen molar-refractivity contribution in [2.75, 3.05) is 0 Å². The minimum atomic E-state index is -2.53. The van der Waals surface area contributed by atoms with E-state index >= 15 is 0 Å². The smallest absolute Gasteiger partial charge is 0.401 e. The summed E-state index contributed by atoms with van der Waals surface area (Å²) in [6.45, 7) is 1.58. The second kappa shape index (κ2) is 2.91. The average Bonchev–Trinajstić information content (AvgIpc) is 1.35. The molecule has 34 valence electrons. The van der Waals surface area contributed by atoms with Gasteiger partial charge >= 0.3 is 9.28 Å². The summed E-state index contributed by atoms with van der Waals surface area (Å²) < 4.78 is 0. The predicted octanol–water partition coefficient (Wildman–Crippen LogP) is -1.25. The monoisotopic (exact) mass is 102 g/mol. The fraction of sp³-hybridized carbons (Fsp3) is 0.333. The highest BCUT2D eigenvalue weighted by molar-refractivity contribution is 6.51. The van der Waals surface area contributed by atoms with E-state index in [2.05, 4.69) is 11.5 Å². The van der Waals surface area contributed by atoms with Crippen LogP contribution in [0.1, 0.15) is 6.92 Å². The summed E-state index contributed by atoms with van der Waals surface area (Å²) in [5, 5.41) is 0. The van der Waals surface area contributed by atoms with Gasteiger partial charge in [-0.25, -0.2) is 0 Å². The molecule has 0 heterocycles. The van der Waals surface area contributed by atoms with Gasteiger partial charge < -0.3 is 9.59 Å². The highest BCUT2D eigenvalue weighted by Gasteiger charge is 1.87. The highest BCUT2D eigenvalue weighted by Crippen LogP contribution is 1.56. The zero-order valence-corrected chi connectivity index (χ0v) is 4.63.